The molecule has 88 valence electrons. The van der Waals surface area contributed by atoms with Crippen molar-refractivity contribution in [3.05, 3.63) is 22.3 Å². The number of carbonyl (C=O) groups is 1. The monoisotopic (exact) mass is 284 g/mol. The number of fused-ring (bicyclic) bond motifs is 1. The molecule has 2 aliphatic rings. The molecule has 0 bridgehead atoms. The Morgan fingerprint density at radius 3 is 2.88 bits per heavy atom. The van der Waals surface area contributed by atoms with E-state index in [2.05, 4.69) is 22.9 Å². The number of carbonyl (C=O) groups excluding carboxylic acids is 1. The van der Waals surface area contributed by atoms with E-state index in [9.17, 15) is 4.79 Å². The van der Waals surface area contributed by atoms with Gasteiger partial charge in [0.1, 0.15) is 0 Å². The first-order valence-corrected chi connectivity index (χ1v) is 6.41. The SMILES string of the molecule is CC(=O)N1C2=CC=C(Br)CC2[C@H](N)C[C@@H]1C. The van der Waals surface area contributed by atoms with Gasteiger partial charge in [0.25, 0.3) is 0 Å². The van der Waals surface area contributed by atoms with Gasteiger partial charge < -0.3 is 10.6 Å². The maximum atomic E-state index is 11.7. The minimum Gasteiger partial charge on any atom is -0.327 e. The van der Waals surface area contributed by atoms with Crippen molar-refractivity contribution in [1.82, 2.24) is 4.90 Å². The van der Waals surface area contributed by atoms with Gasteiger partial charge in [0.15, 0.2) is 0 Å². The predicted octanol–water partition coefficient (Wildman–Crippen LogP) is 2.14. The van der Waals surface area contributed by atoms with Crippen LogP contribution in [0.1, 0.15) is 26.7 Å². The van der Waals surface area contributed by atoms with E-state index in [0.717, 1.165) is 23.0 Å². The van der Waals surface area contributed by atoms with Gasteiger partial charge >= 0.3 is 0 Å². The molecule has 4 heteroatoms. The molecule has 0 aromatic carbocycles. The first-order valence-electron chi connectivity index (χ1n) is 5.62. The summed E-state index contributed by atoms with van der Waals surface area (Å²) in [6.45, 7) is 3.68. The third-order valence-corrected chi connectivity index (χ3v) is 4.01. The van der Waals surface area contributed by atoms with E-state index in [1.54, 1.807) is 6.92 Å². The summed E-state index contributed by atoms with van der Waals surface area (Å²) < 4.78 is 1.16. The summed E-state index contributed by atoms with van der Waals surface area (Å²) in [5.41, 5.74) is 7.26. The highest BCUT2D eigenvalue weighted by Gasteiger charge is 2.38. The van der Waals surface area contributed by atoms with Crippen molar-refractivity contribution in [1.29, 1.82) is 0 Å². The highest BCUT2D eigenvalue weighted by molar-refractivity contribution is 9.11. The number of amides is 1. The molecule has 0 spiro atoms. The van der Waals surface area contributed by atoms with Crippen molar-refractivity contribution in [2.45, 2.75) is 38.8 Å². The second kappa shape index (κ2) is 4.34. The summed E-state index contributed by atoms with van der Waals surface area (Å²) in [6.07, 6.45) is 5.83. The smallest absolute Gasteiger partial charge is 0.223 e. The minimum absolute atomic E-state index is 0.113. The lowest BCUT2D eigenvalue weighted by Gasteiger charge is -2.44. The first kappa shape index (κ1) is 11.9. The topological polar surface area (TPSA) is 46.3 Å². The number of likely N-dealkylation sites (tertiary alicyclic amines) is 1. The Labute approximate surface area is 104 Å². The van der Waals surface area contributed by atoms with Gasteiger partial charge in [0, 0.05) is 30.6 Å². The van der Waals surface area contributed by atoms with Crippen LogP contribution >= 0.6 is 15.9 Å². The van der Waals surface area contributed by atoms with Gasteiger partial charge in [0.05, 0.1) is 0 Å². The second-order valence-electron chi connectivity index (χ2n) is 4.65. The Bertz CT molecular complexity index is 375. The van der Waals surface area contributed by atoms with E-state index >= 15 is 0 Å². The van der Waals surface area contributed by atoms with Gasteiger partial charge in [-0.15, -0.1) is 0 Å². The van der Waals surface area contributed by atoms with Crippen LogP contribution in [0.4, 0.5) is 0 Å². The Kier molecular flexibility index (Phi) is 3.22. The molecule has 0 radical (unpaired) electrons. The van der Waals surface area contributed by atoms with Crippen molar-refractivity contribution in [2.75, 3.05) is 0 Å². The molecule has 0 aromatic heterocycles. The quantitative estimate of drug-likeness (QED) is 0.741. The molecule has 2 N–H and O–H groups in total. The molecule has 0 saturated carbocycles. The van der Waals surface area contributed by atoms with Crippen LogP contribution in [0.25, 0.3) is 0 Å². The lowest BCUT2D eigenvalue weighted by Crippen LogP contribution is -2.51. The van der Waals surface area contributed by atoms with Gasteiger partial charge in [-0.3, -0.25) is 4.79 Å². The van der Waals surface area contributed by atoms with E-state index in [1.165, 1.54) is 0 Å². The molecule has 1 fully saturated rings. The normalized spacial score (nSPS) is 34.0. The number of nitrogens with two attached hydrogens (primary N) is 1. The van der Waals surface area contributed by atoms with E-state index in [1.807, 2.05) is 17.1 Å². The molecule has 0 aromatic rings. The molecular weight excluding hydrogens is 268 g/mol. The number of hydrogen-bond donors (Lipinski definition) is 1. The summed E-state index contributed by atoms with van der Waals surface area (Å²) in [5, 5.41) is 0. The van der Waals surface area contributed by atoms with Crippen molar-refractivity contribution in [3.8, 4) is 0 Å². The van der Waals surface area contributed by atoms with Gasteiger partial charge in [-0.25, -0.2) is 0 Å². The van der Waals surface area contributed by atoms with E-state index in [0.29, 0.717) is 0 Å². The molecule has 3 atom stereocenters. The standard InChI is InChI=1S/C12H17BrN2O/c1-7-5-11(14)10-6-9(13)3-4-12(10)15(7)8(2)16/h3-4,7,10-11H,5-6,14H2,1-2H3/t7-,10?,11+/m0/s1. The van der Waals surface area contributed by atoms with E-state index in [-0.39, 0.29) is 23.9 Å². The number of nitrogens with zero attached hydrogens (tertiary/aromatic N) is 1. The molecular formula is C12H17BrN2O. The minimum atomic E-state index is 0.113. The van der Waals surface area contributed by atoms with E-state index < -0.39 is 0 Å². The maximum Gasteiger partial charge on any atom is 0.223 e. The number of piperidine rings is 1. The summed E-state index contributed by atoms with van der Waals surface area (Å²) >= 11 is 3.51. The lowest BCUT2D eigenvalue weighted by atomic mass is 9.81. The summed E-state index contributed by atoms with van der Waals surface area (Å²) in [7, 11) is 0. The summed E-state index contributed by atoms with van der Waals surface area (Å²) in [6, 6.07) is 0.360. The Balaban J connectivity index is 2.37. The van der Waals surface area contributed by atoms with Gasteiger partial charge in [-0.1, -0.05) is 22.0 Å². The maximum absolute atomic E-state index is 11.7. The highest BCUT2D eigenvalue weighted by atomic mass is 79.9. The van der Waals surface area contributed by atoms with Gasteiger partial charge in [-0.2, -0.15) is 0 Å². The molecule has 1 aliphatic carbocycles. The number of halogens is 1. The fraction of sp³-hybridized carbons (Fsp3) is 0.583. The predicted molar refractivity (Wildman–Crippen MR) is 67.8 cm³/mol. The van der Waals surface area contributed by atoms with E-state index in [4.69, 9.17) is 5.73 Å². The third kappa shape index (κ3) is 1.96. The van der Waals surface area contributed by atoms with Gasteiger partial charge in [0.2, 0.25) is 5.91 Å². The molecule has 2 rings (SSSR count). The molecule has 3 nitrogen and oxygen atoms in total. The van der Waals surface area contributed by atoms with Crippen LogP contribution in [0, 0.1) is 5.92 Å². The third-order valence-electron chi connectivity index (χ3n) is 3.42. The van der Waals surface area contributed by atoms with Crippen LogP contribution < -0.4 is 5.73 Å². The summed E-state index contributed by atoms with van der Waals surface area (Å²) in [4.78, 5) is 13.6. The van der Waals surface area contributed by atoms with Crippen LogP contribution in [0.3, 0.4) is 0 Å². The lowest BCUT2D eigenvalue weighted by molar-refractivity contribution is -0.130. The molecule has 1 amide bonds. The van der Waals surface area contributed by atoms with Crippen LogP contribution in [-0.2, 0) is 4.79 Å². The fourth-order valence-electron chi connectivity index (χ4n) is 2.72. The number of allylic oxidation sites excluding steroid dienone is 3. The van der Waals surface area contributed by atoms with Crippen molar-refractivity contribution in [2.24, 2.45) is 11.7 Å². The van der Waals surface area contributed by atoms with Crippen molar-refractivity contribution in [3.63, 3.8) is 0 Å². The van der Waals surface area contributed by atoms with Crippen LogP contribution in [0.2, 0.25) is 0 Å². The van der Waals surface area contributed by atoms with Gasteiger partial charge in [-0.05, 0) is 30.3 Å². The largest absolute Gasteiger partial charge is 0.327 e. The Hall–Kier alpha value is -0.610. The van der Waals surface area contributed by atoms with Crippen LogP contribution in [0.15, 0.2) is 22.3 Å². The van der Waals surface area contributed by atoms with Crippen molar-refractivity contribution < 1.29 is 4.79 Å². The number of rotatable bonds is 0. The van der Waals surface area contributed by atoms with Crippen molar-refractivity contribution >= 4 is 21.8 Å². The Morgan fingerprint density at radius 1 is 1.56 bits per heavy atom. The molecule has 1 saturated heterocycles. The highest BCUT2D eigenvalue weighted by Crippen LogP contribution is 2.38. The average molecular weight is 285 g/mol. The molecule has 1 aliphatic heterocycles. The zero-order valence-corrected chi connectivity index (χ0v) is 11.2. The average Bonchev–Trinajstić information content (AvgIpc) is 2.18. The molecule has 1 unspecified atom stereocenters. The number of hydrogen-bond acceptors (Lipinski definition) is 2. The molecule has 16 heavy (non-hydrogen) atoms. The first-order chi connectivity index (χ1) is 7.50. The Morgan fingerprint density at radius 2 is 2.25 bits per heavy atom. The van der Waals surface area contributed by atoms with Crippen LogP contribution in [-0.4, -0.2) is 22.9 Å². The van der Waals surface area contributed by atoms with Crippen LogP contribution in [0.5, 0.6) is 0 Å². The summed E-state index contributed by atoms with van der Waals surface area (Å²) in [5.74, 6) is 0.390. The zero-order valence-electron chi connectivity index (χ0n) is 9.61. The fourth-order valence-corrected chi connectivity index (χ4v) is 3.20. The second-order valence-corrected chi connectivity index (χ2v) is 5.67. The molecule has 1 heterocycles. The zero-order chi connectivity index (χ0) is 11.9.